The number of carbonyl (C=O) groups is 1. The molecule has 1 atom stereocenters. The number of hydrogen-bond acceptors (Lipinski definition) is 4. The fourth-order valence-electron chi connectivity index (χ4n) is 3.01. The van der Waals surface area contributed by atoms with Gasteiger partial charge in [-0.2, -0.15) is 0 Å². The Kier molecular flexibility index (Phi) is 4.28. The van der Waals surface area contributed by atoms with Gasteiger partial charge in [-0.05, 0) is 26.7 Å². The maximum Gasteiger partial charge on any atom is 0.308 e. The highest BCUT2D eigenvalue weighted by molar-refractivity contribution is 5.71. The third kappa shape index (κ3) is 3.18. The van der Waals surface area contributed by atoms with E-state index in [9.17, 15) is 9.90 Å². The number of anilines is 1. The monoisotopic (exact) mass is 311 g/mol. The van der Waals surface area contributed by atoms with Crippen molar-refractivity contribution < 1.29 is 9.90 Å². The molecule has 0 aliphatic carbocycles. The van der Waals surface area contributed by atoms with Crippen LogP contribution < -0.4 is 4.90 Å². The molecule has 0 saturated carbocycles. The van der Waals surface area contributed by atoms with Crippen molar-refractivity contribution in [2.24, 2.45) is 5.92 Å². The fraction of sp³-hybridized carbons (Fsp3) is 0.389. The van der Waals surface area contributed by atoms with Crippen molar-refractivity contribution in [1.29, 1.82) is 0 Å². The lowest BCUT2D eigenvalue weighted by Crippen LogP contribution is -2.39. The van der Waals surface area contributed by atoms with Crippen molar-refractivity contribution in [1.82, 2.24) is 9.97 Å². The maximum atomic E-state index is 11.3. The zero-order valence-electron chi connectivity index (χ0n) is 13.5. The van der Waals surface area contributed by atoms with E-state index in [4.69, 9.17) is 4.98 Å². The van der Waals surface area contributed by atoms with Gasteiger partial charge in [0.25, 0.3) is 0 Å². The Labute approximate surface area is 136 Å². The number of aromatic nitrogens is 2. The highest BCUT2D eigenvalue weighted by Gasteiger charge is 2.27. The standard InChI is InChI=1S/C18H21N3O2/c1-12-13(2)19-16(14-7-4-3-5-8-14)20-17(12)21-10-6-9-15(11-21)18(22)23/h3-5,7-8,15H,6,9-11H2,1-2H3,(H,22,23). The van der Waals surface area contributed by atoms with Crippen molar-refractivity contribution in [2.45, 2.75) is 26.7 Å². The van der Waals surface area contributed by atoms with Crippen LogP contribution in [0.5, 0.6) is 0 Å². The molecule has 1 aliphatic rings. The number of piperidine rings is 1. The molecule has 0 spiro atoms. The lowest BCUT2D eigenvalue weighted by atomic mass is 9.98. The van der Waals surface area contributed by atoms with E-state index in [2.05, 4.69) is 9.88 Å². The minimum Gasteiger partial charge on any atom is -0.481 e. The summed E-state index contributed by atoms with van der Waals surface area (Å²) in [4.78, 5) is 22.7. The molecule has 0 bridgehead atoms. The zero-order valence-corrected chi connectivity index (χ0v) is 13.5. The Morgan fingerprint density at radius 2 is 1.96 bits per heavy atom. The summed E-state index contributed by atoms with van der Waals surface area (Å²) < 4.78 is 0. The van der Waals surface area contributed by atoms with Gasteiger partial charge in [0.2, 0.25) is 0 Å². The molecule has 0 radical (unpaired) electrons. The van der Waals surface area contributed by atoms with Crippen LogP contribution in [0.25, 0.3) is 11.4 Å². The van der Waals surface area contributed by atoms with Crippen molar-refractivity contribution in [2.75, 3.05) is 18.0 Å². The average Bonchev–Trinajstić information content (AvgIpc) is 2.58. The summed E-state index contributed by atoms with van der Waals surface area (Å²) in [5.41, 5.74) is 2.94. The molecule has 23 heavy (non-hydrogen) atoms. The first kappa shape index (κ1) is 15.5. The highest BCUT2D eigenvalue weighted by Crippen LogP contribution is 2.28. The molecule has 2 aromatic rings. The third-order valence-electron chi connectivity index (χ3n) is 4.47. The normalized spacial score (nSPS) is 18.0. The van der Waals surface area contributed by atoms with E-state index < -0.39 is 5.97 Å². The first-order valence-corrected chi connectivity index (χ1v) is 7.94. The molecule has 3 rings (SSSR count). The fourth-order valence-corrected chi connectivity index (χ4v) is 3.01. The number of carboxylic acid groups (broad SMARTS) is 1. The quantitative estimate of drug-likeness (QED) is 0.943. The number of benzene rings is 1. The van der Waals surface area contributed by atoms with Gasteiger partial charge in [-0.25, -0.2) is 9.97 Å². The summed E-state index contributed by atoms with van der Waals surface area (Å²) >= 11 is 0. The van der Waals surface area contributed by atoms with Gasteiger partial charge in [0.1, 0.15) is 5.82 Å². The maximum absolute atomic E-state index is 11.3. The summed E-state index contributed by atoms with van der Waals surface area (Å²) in [6.07, 6.45) is 1.61. The largest absolute Gasteiger partial charge is 0.481 e. The topological polar surface area (TPSA) is 66.3 Å². The molecule has 1 aromatic carbocycles. The Hall–Kier alpha value is -2.43. The Morgan fingerprint density at radius 1 is 1.22 bits per heavy atom. The van der Waals surface area contributed by atoms with Crippen LogP contribution >= 0.6 is 0 Å². The molecule has 1 aromatic heterocycles. The minimum absolute atomic E-state index is 0.321. The van der Waals surface area contributed by atoms with Crippen LogP contribution in [0.4, 0.5) is 5.82 Å². The molecular weight excluding hydrogens is 290 g/mol. The Morgan fingerprint density at radius 3 is 2.65 bits per heavy atom. The van der Waals surface area contributed by atoms with Crippen LogP contribution in [0.15, 0.2) is 30.3 Å². The smallest absolute Gasteiger partial charge is 0.308 e. The molecule has 5 heteroatoms. The molecule has 1 unspecified atom stereocenters. The van der Waals surface area contributed by atoms with Crippen LogP contribution in [-0.4, -0.2) is 34.1 Å². The van der Waals surface area contributed by atoms with Gasteiger partial charge < -0.3 is 10.0 Å². The van der Waals surface area contributed by atoms with Gasteiger partial charge in [-0.15, -0.1) is 0 Å². The van der Waals surface area contributed by atoms with Crippen LogP contribution in [-0.2, 0) is 4.79 Å². The molecule has 1 aliphatic heterocycles. The van der Waals surface area contributed by atoms with Gasteiger partial charge in [0, 0.05) is 29.9 Å². The van der Waals surface area contributed by atoms with Crippen LogP contribution in [0, 0.1) is 19.8 Å². The van der Waals surface area contributed by atoms with E-state index in [1.165, 1.54) is 0 Å². The first-order chi connectivity index (χ1) is 11.1. The lowest BCUT2D eigenvalue weighted by molar-refractivity contribution is -0.141. The van der Waals surface area contributed by atoms with E-state index in [-0.39, 0.29) is 5.92 Å². The summed E-state index contributed by atoms with van der Waals surface area (Å²) in [6.45, 7) is 5.34. The molecular formula is C18H21N3O2. The van der Waals surface area contributed by atoms with Crippen molar-refractivity contribution in [3.63, 3.8) is 0 Å². The van der Waals surface area contributed by atoms with E-state index in [0.717, 1.165) is 42.0 Å². The van der Waals surface area contributed by atoms with E-state index in [1.54, 1.807) is 0 Å². The summed E-state index contributed by atoms with van der Waals surface area (Å²) in [7, 11) is 0. The highest BCUT2D eigenvalue weighted by atomic mass is 16.4. The Balaban J connectivity index is 1.98. The number of nitrogens with zero attached hydrogens (tertiary/aromatic N) is 3. The SMILES string of the molecule is Cc1nc(-c2ccccc2)nc(N2CCCC(C(=O)O)C2)c1C. The molecule has 1 saturated heterocycles. The number of hydrogen-bond donors (Lipinski definition) is 1. The van der Waals surface area contributed by atoms with E-state index in [0.29, 0.717) is 12.4 Å². The van der Waals surface area contributed by atoms with Crippen LogP contribution in [0.1, 0.15) is 24.1 Å². The van der Waals surface area contributed by atoms with Gasteiger partial charge in [-0.1, -0.05) is 30.3 Å². The summed E-state index contributed by atoms with van der Waals surface area (Å²) in [6, 6.07) is 9.88. The van der Waals surface area contributed by atoms with Gasteiger partial charge in [0.15, 0.2) is 5.82 Å². The lowest BCUT2D eigenvalue weighted by Gasteiger charge is -2.33. The second-order valence-electron chi connectivity index (χ2n) is 6.07. The first-order valence-electron chi connectivity index (χ1n) is 7.94. The zero-order chi connectivity index (χ0) is 16.4. The molecule has 1 fully saturated rings. The molecule has 120 valence electrons. The Bertz CT molecular complexity index is 716. The predicted octanol–water partition coefficient (Wildman–Crippen LogP) is 3.06. The molecule has 2 heterocycles. The number of carboxylic acids is 1. The second kappa shape index (κ2) is 6.36. The van der Waals surface area contributed by atoms with Crippen LogP contribution in [0.3, 0.4) is 0 Å². The predicted molar refractivity (Wildman–Crippen MR) is 89.5 cm³/mol. The number of aryl methyl sites for hydroxylation is 1. The molecule has 0 amide bonds. The van der Waals surface area contributed by atoms with Crippen LogP contribution in [0.2, 0.25) is 0 Å². The average molecular weight is 311 g/mol. The minimum atomic E-state index is -0.721. The van der Waals surface area contributed by atoms with Gasteiger partial charge >= 0.3 is 5.97 Å². The van der Waals surface area contributed by atoms with Crippen molar-refractivity contribution in [3.8, 4) is 11.4 Å². The van der Waals surface area contributed by atoms with E-state index >= 15 is 0 Å². The summed E-state index contributed by atoms with van der Waals surface area (Å²) in [5.74, 6) is 0.517. The number of aliphatic carboxylic acids is 1. The second-order valence-corrected chi connectivity index (χ2v) is 6.07. The van der Waals surface area contributed by atoms with Crippen molar-refractivity contribution in [3.05, 3.63) is 41.6 Å². The van der Waals surface area contributed by atoms with Crippen molar-refractivity contribution >= 4 is 11.8 Å². The summed E-state index contributed by atoms with van der Waals surface area (Å²) in [5, 5.41) is 9.30. The van der Waals surface area contributed by atoms with Gasteiger partial charge in [0.05, 0.1) is 5.92 Å². The molecule has 1 N–H and O–H groups in total. The van der Waals surface area contributed by atoms with Gasteiger partial charge in [-0.3, -0.25) is 4.79 Å². The molecule has 5 nitrogen and oxygen atoms in total. The number of rotatable bonds is 3. The van der Waals surface area contributed by atoms with E-state index in [1.807, 2.05) is 44.2 Å². The third-order valence-corrected chi connectivity index (χ3v) is 4.47.